The predicted octanol–water partition coefficient (Wildman–Crippen LogP) is 1.51. The van der Waals surface area contributed by atoms with Crippen molar-refractivity contribution in [3.05, 3.63) is 11.9 Å². The number of nitrogens with one attached hydrogen (secondary N) is 1. The van der Waals surface area contributed by atoms with Crippen molar-refractivity contribution in [1.82, 2.24) is 19.6 Å². The summed E-state index contributed by atoms with van der Waals surface area (Å²) in [5, 5.41) is 7.24. The Hall–Kier alpha value is -1.48. The second-order valence-corrected chi connectivity index (χ2v) is 9.38. The first kappa shape index (κ1) is 21.7. The smallest absolute Gasteiger partial charge is 0.238 e. The van der Waals surface area contributed by atoms with Gasteiger partial charge in [0, 0.05) is 45.2 Å². The summed E-state index contributed by atoms with van der Waals surface area (Å²) in [6.45, 7) is 8.96. The van der Waals surface area contributed by atoms with Crippen molar-refractivity contribution in [3.8, 4) is 0 Å². The zero-order chi connectivity index (χ0) is 21.1. The zero-order valence-electron chi connectivity index (χ0n) is 18.7. The lowest BCUT2D eigenvalue weighted by atomic mass is 9.62. The van der Waals surface area contributed by atoms with Gasteiger partial charge in [-0.15, -0.1) is 0 Å². The molecule has 1 aromatic rings. The van der Waals surface area contributed by atoms with Crippen molar-refractivity contribution in [2.45, 2.75) is 38.6 Å². The lowest BCUT2D eigenvalue weighted by Gasteiger charge is -2.54. The van der Waals surface area contributed by atoms with E-state index in [1.165, 1.54) is 19.3 Å². The lowest BCUT2D eigenvalue weighted by molar-refractivity contribution is -0.121. The van der Waals surface area contributed by atoms with Crippen molar-refractivity contribution in [2.75, 3.05) is 65.0 Å². The third kappa shape index (κ3) is 4.56. The second-order valence-electron chi connectivity index (χ2n) is 9.38. The fraction of sp³-hybridized carbons (Fsp3) is 0.818. The highest BCUT2D eigenvalue weighted by Gasteiger charge is 2.48. The summed E-state index contributed by atoms with van der Waals surface area (Å²) < 4.78 is 13.0. The number of anilines is 1. The first-order chi connectivity index (χ1) is 14.5. The van der Waals surface area contributed by atoms with Crippen LogP contribution in [-0.4, -0.2) is 91.2 Å². The molecule has 30 heavy (non-hydrogen) atoms. The molecular weight excluding hydrogens is 382 g/mol. The highest BCUT2D eigenvalue weighted by atomic mass is 16.5. The van der Waals surface area contributed by atoms with E-state index < -0.39 is 0 Å². The summed E-state index contributed by atoms with van der Waals surface area (Å²) >= 11 is 0. The number of hydrogen-bond donors (Lipinski definition) is 1. The van der Waals surface area contributed by atoms with Crippen LogP contribution in [-0.2, 0) is 21.3 Å². The quantitative estimate of drug-likeness (QED) is 0.754. The fourth-order valence-corrected chi connectivity index (χ4v) is 5.80. The van der Waals surface area contributed by atoms with Crippen LogP contribution in [0.15, 0.2) is 6.20 Å². The van der Waals surface area contributed by atoms with Crippen LogP contribution in [0.5, 0.6) is 0 Å². The molecule has 4 rings (SSSR count). The molecule has 2 aliphatic heterocycles. The molecule has 8 nitrogen and oxygen atoms in total. The molecule has 1 aromatic heterocycles. The van der Waals surface area contributed by atoms with Crippen LogP contribution >= 0.6 is 0 Å². The van der Waals surface area contributed by atoms with Crippen molar-refractivity contribution in [3.63, 3.8) is 0 Å². The highest BCUT2D eigenvalue weighted by molar-refractivity contribution is 5.92. The van der Waals surface area contributed by atoms with Crippen LogP contribution in [0.1, 0.15) is 31.4 Å². The minimum atomic E-state index is 0.0409. The maximum Gasteiger partial charge on any atom is 0.238 e. The summed E-state index contributed by atoms with van der Waals surface area (Å²) in [7, 11) is 3.70. The molecule has 1 amide bonds. The molecule has 1 N–H and O–H groups in total. The Bertz CT molecular complexity index is 732. The third-order valence-electron chi connectivity index (χ3n) is 7.60. The molecule has 3 aliphatic rings. The van der Waals surface area contributed by atoms with Crippen LogP contribution in [0.3, 0.4) is 0 Å². The van der Waals surface area contributed by atoms with Crippen molar-refractivity contribution >= 4 is 11.6 Å². The minimum Gasteiger partial charge on any atom is -0.384 e. The second kappa shape index (κ2) is 9.34. The van der Waals surface area contributed by atoms with Gasteiger partial charge in [-0.05, 0) is 45.1 Å². The molecule has 3 heterocycles. The van der Waals surface area contributed by atoms with Crippen molar-refractivity contribution in [1.29, 1.82) is 0 Å². The zero-order valence-corrected chi connectivity index (χ0v) is 18.7. The lowest BCUT2D eigenvalue weighted by Crippen LogP contribution is -2.57. The van der Waals surface area contributed by atoms with Crippen LogP contribution < -0.4 is 5.32 Å². The van der Waals surface area contributed by atoms with Gasteiger partial charge in [0.2, 0.25) is 5.91 Å². The Balaban J connectivity index is 1.36. The number of amides is 1. The van der Waals surface area contributed by atoms with Gasteiger partial charge >= 0.3 is 0 Å². The number of rotatable bonds is 6. The number of nitrogens with zero attached hydrogens (tertiary/aromatic N) is 4. The standard InChI is InChI=1S/C22H37N5O3/c1-17-20(13-23-25(17)2)24-21(28)14-26-7-5-18-12-19(27-8-10-30-11-9-27)4-6-22(18,15-26)16-29-3/h13,18-19H,4-12,14-16H2,1-3H3,(H,24,28)/t18-,19-,22+/m1/s1. The Kier molecular flexibility index (Phi) is 6.77. The number of morpholine rings is 1. The molecule has 0 unspecified atom stereocenters. The number of carbonyl (C=O) groups excluding carboxylic acids is 1. The minimum absolute atomic E-state index is 0.0409. The number of ether oxygens (including phenoxy) is 2. The molecule has 168 valence electrons. The molecule has 8 heteroatoms. The average molecular weight is 420 g/mol. The van der Waals surface area contributed by atoms with Gasteiger partial charge in [-0.1, -0.05) is 0 Å². The fourth-order valence-electron chi connectivity index (χ4n) is 5.80. The number of piperidine rings is 1. The number of fused-ring (bicyclic) bond motifs is 1. The summed E-state index contributed by atoms with van der Waals surface area (Å²) in [6, 6.07) is 0.673. The third-order valence-corrected chi connectivity index (χ3v) is 7.60. The molecule has 0 aromatic carbocycles. The van der Waals surface area contributed by atoms with E-state index in [2.05, 4.69) is 20.2 Å². The van der Waals surface area contributed by atoms with Crippen molar-refractivity contribution < 1.29 is 14.3 Å². The summed E-state index contributed by atoms with van der Waals surface area (Å²) in [5.74, 6) is 0.707. The first-order valence-electron chi connectivity index (χ1n) is 11.3. The molecule has 1 saturated carbocycles. The SMILES string of the molecule is COC[C@@]12CC[C@@H](N3CCOCC3)C[C@H]1CCN(CC(=O)Nc1cnn(C)c1C)C2. The Morgan fingerprint density at radius 2 is 2.13 bits per heavy atom. The Morgan fingerprint density at radius 3 is 2.83 bits per heavy atom. The van der Waals surface area contributed by atoms with E-state index in [1.807, 2.05) is 21.1 Å². The normalized spacial score (nSPS) is 30.8. The van der Waals surface area contributed by atoms with Crippen LogP contribution in [0.2, 0.25) is 0 Å². The molecule has 2 saturated heterocycles. The molecule has 3 fully saturated rings. The predicted molar refractivity (Wildman–Crippen MR) is 115 cm³/mol. The van der Waals surface area contributed by atoms with Gasteiger partial charge in [0.1, 0.15) is 0 Å². The summed E-state index contributed by atoms with van der Waals surface area (Å²) in [4.78, 5) is 17.6. The number of hydrogen-bond acceptors (Lipinski definition) is 6. The highest BCUT2D eigenvalue weighted by Crippen LogP contribution is 2.47. The Morgan fingerprint density at radius 1 is 1.33 bits per heavy atom. The van der Waals surface area contributed by atoms with Crippen molar-refractivity contribution in [2.24, 2.45) is 18.4 Å². The number of methoxy groups -OCH3 is 1. The largest absolute Gasteiger partial charge is 0.384 e. The molecule has 1 aliphatic carbocycles. The molecular formula is C22H37N5O3. The van der Waals surface area contributed by atoms with Gasteiger partial charge in [-0.2, -0.15) is 5.10 Å². The van der Waals surface area contributed by atoms with E-state index in [0.717, 1.165) is 63.8 Å². The number of aryl methyl sites for hydroxylation is 1. The maximum absolute atomic E-state index is 12.7. The van der Waals surface area contributed by atoms with E-state index in [4.69, 9.17) is 9.47 Å². The van der Waals surface area contributed by atoms with Gasteiger partial charge in [0.05, 0.1) is 43.9 Å². The molecule has 0 spiro atoms. The van der Waals surface area contributed by atoms with E-state index in [9.17, 15) is 4.79 Å². The topological polar surface area (TPSA) is 71.9 Å². The van der Waals surface area contributed by atoms with Gasteiger partial charge in [-0.3, -0.25) is 19.3 Å². The van der Waals surface area contributed by atoms with Crippen LogP contribution in [0, 0.1) is 18.3 Å². The van der Waals surface area contributed by atoms with Gasteiger partial charge < -0.3 is 14.8 Å². The monoisotopic (exact) mass is 419 g/mol. The van der Waals surface area contributed by atoms with E-state index in [1.54, 1.807) is 10.9 Å². The Labute approximate surface area is 179 Å². The first-order valence-corrected chi connectivity index (χ1v) is 11.3. The molecule has 3 atom stereocenters. The molecule has 0 radical (unpaired) electrons. The number of carbonyl (C=O) groups is 1. The average Bonchev–Trinajstić information content (AvgIpc) is 3.06. The van der Waals surface area contributed by atoms with Gasteiger partial charge in [0.15, 0.2) is 0 Å². The number of likely N-dealkylation sites (tertiary alicyclic amines) is 1. The van der Waals surface area contributed by atoms with Crippen LogP contribution in [0.4, 0.5) is 5.69 Å². The summed E-state index contributed by atoms with van der Waals surface area (Å²) in [6.07, 6.45) is 6.50. The van der Waals surface area contributed by atoms with Gasteiger partial charge in [0.25, 0.3) is 0 Å². The maximum atomic E-state index is 12.7. The number of aromatic nitrogens is 2. The molecule has 0 bridgehead atoms. The van der Waals surface area contributed by atoms with E-state index in [-0.39, 0.29) is 11.3 Å². The van der Waals surface area contributed by atoms with E-state index >= 15 is 0 Å². The summed E-state index contributed by atoms with van der Waals surface area (Å²) in [5.41, 5.74) is 1.94. The van der Waals surface area contributed by atoms with Crippen LogP contribution in [0.25, 0.3) is 0 Å². The van der Waals surface area contributed by atoms with E-state index in [0.29, 0.717) is 18.5 Å². The van der Waals surface area contributed by atoms with Gasteiger partial charge in [-0.25, -0.2) is 0 Å².